The van der Waals surface area contributed by atoms with E-state index in [9.17, 15) is 0 Å². The molecule has 0 spiro atoms. The lowest BCUT2D eigenvalue weighted by Gasteiger charge is -2.14. The summed E-state index contributed by atoms with van der Waals surface area (Å²) in [6, 6.07) is 17.2. The zero-order chi connectivity index (χ0) is 25.0. The summed E-state index contributed by atoms with van der Waals surface area (Å²) >= 11 is 0. The summed E-state index contributed by atoms with van der Waals surface area (Å²) in [7, 11) is 0. The molecule has 1 unspecified atom stereocenters. The van der Waals surface area contributed by atoms with Crippen molar-refractivity contribution >= 4 is 0 Å². The second-order valence-corrected chi connectivity index (χ2v) is 10.1. The highest BCUT2D eigenvalue weighted by molar-refractivity contribution is 5.64. The highest BCUT2D eigenvalue weighted by atomic mass is 16.5. The molecular weight excluding hydrogens is 428 g/mol. The maximum atomic E-state index is 6.12. The van der Waals surface area contributed by atoms with Crippen LogP contribution in [0.15, 0.2) is 48.5 Å². The number of ether oxygens (including phenoxy) is 2. The van der Waals surface area contributed by atoms with Gasteiger partial charge in [0.05, 0.1) is 12.7 Å². The van der Waals surface area contributed by atoms with Gasteiger partial charge in [-0.2, -0.15) is 0 Å². The highest BCUT2D eigenvalue weighted by Gasteiger charge is 2.07. The van der Waals surface area contributed by atoms with Crippen molar-refractivity contribution in [3.05, 3.63) is 54.1 Å². The third-order valence-electron chi connectivity index (χ3n) is 6.95. The average molecular weight is 481 g/mol. The normalized spacial score (nSPS) is 12.1. The van der Waals surface area contributed by atoms with Gasteiger partial charge in [-0.05, 0) is 48.6 Å². The number of unbranched alkanes of at least 4 members (excludes halogenated alkanes) is 13. The van der Waals surface area contributed by atoms with Crippen LogP contribution in [0, 0.1) is 0 Å². The molecule has 0 aliphatic rings. The largest absolute Gasteiger partial charge is 0.494 e. The second-order valence-electron chi connectivity index (χ2n) is 10.1. The molecule has 2 rings (SSSR count). The Balaban J connectivity index is 1.53. The van der Waals surface area contributed by atoms with Crippen LogP contribution < -0.4 is 4.74 Å². The first kappa shape index (κ1) is 29.4. The van der Waals surface area contributed by atoms with Crippen LogP contribution in [0.5, 0.6) is 5.75 Å². The van der Waals surface area contributed by atoms with Gasteiger partial charge in [-0.25, -0.2) is 0 Å². The average Bonchev–Trinajstić information content (AvgIpc) is 2.89. The zero-order valence-electron chi connectivity index (χ0n) is 23.0. The van der Waals surface area contributed by atoms with E-state index >= 15 is 0 Å². The van der Waals surface area contributed by atoms with Gasteiger partial charge in [0.15, 0.2) is 0 Å². The van der Waals surface area contributed by atoms with Crippen LogP contribution in [-0.4, -0.2) is 13.2 Å². The molecular formula is C33H52O2. The minimum Gasteiger partial charge on any atom is -0.494 e. The molecule has 196 valence electrons. The third-order valence-corrected chi connectivity index (χ3v) is 6.95. The molecule has 0 amide bonds. The van der Waals surface area contributed by atoms with Gasteiger partial charge in [0, 0.05) is 6.61 Å². The van der Waals surface area contributed by atoms with Gasteiger partial charge >= 0.3 is 0 Å². The Morgan fingerprint density at radius 2 is 0.971 bits per heavy atom. The van der Waals surface area contributed by atoms with E-state index in [2.05, 4.69) is 69.3 Å². The van der Waals surface area contributed by atoms with E-state index in [0.717, 1.165) is 31.8 Å². The first-order valence-corrected chi connectivity index (χ1v) is 14.7. The standard InChI is InChI=1S/C33H52O2/c1-4-6-8-9-10-11-12-13-14-15-16-17-18-28-34-29(3)30-19-21-31(22-20-30)32-23-25-33(26-24-32)35-27-7-5-2/h19-26,29H,4-18,27-28H2,1-3H3. The summed E-state index contributed by atoms with van der Waals surface area (Å²) in [5, 5.41) is 0. The van der Waals surface area contributed by atoms with Crippen LogP contribution in [0.3, 0.4) is 0 Å². The fourth-order valence-corrected chi connectivity index (χ4v) is 4.50. The Hall–Kier alpha value is -1.80. The summed E-state index contributed by atoms with van der Waals surface area (Å²) in [4.78, 5) is 0. The van der Waals surface area contributed by atoms with E-state index < -0.39 is 0 Å². The van der Waals surface area contributed by atoms with Gasteiger partial charge in [0.2, 0.25) is 0 Å². The summed E-state index contributed by atoms with van der Waals surface area (Å²) in [5.74, 6) is 0.953. The van der Waals surface area contributed by atoms with Crippen LogP contribution in [0.4, 0.5) is 0 Å². The van der Waals surface area contributed by atoms with Gasteiger partial charge in [-0.3, -0.25) is 0 Å². The van der Waals surface area contributed by atoms with Crippen molar-refractivity contribution in [2.45, 2.75) is 123 Å². The van der Waals surface area contributed by atoms with Crippen LogP contribution in [0.25, 0.3) is 11.1 Å². The fraction of sp³-hybridized carbons (Fsp3) is 0.636. The molecule has 0 aromatic heterocycles. The van der Waals surface area contributed by atoms with E-state index in [4.69, 9.17) is 9.47 Å². The number of rotatable bonds is 21. The summed E-state index contributed by atoms with van der Waals surface area (Å²) in [6.45, 7) is 8.29. The maximum absolute atomic E-state index is 6.12. The maximum Gasteiger partial charge on any atom is 0.119 e. The van der Waals surface area contributed by atoms with Gasteiger partial charge < -0.3 is 9.47 Å². The minimum absolute atomic E-state index is 0.149. The Bertz CT molecular complexity index is 735. The lowest BCUT2D eigenvalue weighted by Crippen LogP contribution is -2.01. The topological polar surface area (TPSA) is 18.5 Å². The van der Waals surface area contributed by atoms with E-state index in [1.165, 1.54) is 100 Å². The molecule has 2 heteroatoms. The van der Waals surface area contributed by atoms with Crippen molar-refractivity contribution in [1.29, 1.82) is 0 Å². The second kappa shape index (κ2) is 19.4. The smallest absolute Gasteiger partial charge is 0.119 e. The van der Waals surface area contributed by atoms with Crippen molar-refractivity contribution in [3.8, 4) is 16.9 Å². The van der Waals surface area contributed by atoms with Gasteiger partial charge in [0.1, 0.15) is 5.75 Å². The molecule has 0 heterocycles. The number of hydrogen-bond acceptors (Lipinski definition) is 2. The van der Waals surface area contributed by atoms with Crippen LogP contribution in [-0.2, 0) is 4.74 Å². The quantitative estimate of drug-likeness (QED) is 0.165. The molecule has 2 aromatic carbocycles. The lowest BCUT2D eigenvalue weighted by molar-refractivity contribution is 0.0627. The summed E-state index contributed by atoms with van der Waals surface area (Å²) in [5.41, 5.74) is 3.71. The first-order valence-electron chi connectivity index (χ1n) is 14.7. The number of hydrogen-bond donors (Lipinski definition) is 0. The molecule has 0 bridgehead atoms. The molecule has 2 nitrogen and oxygen atoms in total. The lowest BCUT2D eigenvalue weighted by atomic mass is 10.0. The van der Waals surface area contributed by atoms with Crippen molar-refractivity contribution in [2.24, 2.45) is 0 Å². The zero-order valence-corrected chi connectivity index (χ0v) is 23.0. The Morgan fingerprint density at radius 3 is 1.49 bits per heavy atom. The van der Waals surface area contributed by atoms with Crippen LogP contribution in [0.1, 0.15) is 129 Å². The molecule has 0 aliphatic heterocycles. The molecule has 35 heavy (non-hydrogen) atoms. The van der Waals surface area contributed by atoms with Gasteiger partial charge in [0.25, 0.3) is 0 Å². The van der Waals surface area contributed by atoms with Gasteiger partial charge in [-0.15, -0.1) is 0 Å². The molecule has 0 aliphatic carbocycles. The van der Waals surface area contributed by atoms with E-state index in [0.29, 0.717) is 0 Å². The number of benzene rings is 2. The molecule has 0 saturated carbocycles. The highest BCUT2D eigenvalue weighted by Crippen LogP contribution is 2.25. The monoisotopic (exact) mass is 480 g/mol. The third kappa shape index (κ3) is 13.2. The van der Waals surface area contributed by atoms with Crippen molar-refractivity contribution in [1.82, 2.24) is 0 Å². The van der Waals surface area contributed by atoms with E-state index in [-0.39, 0.29) is 6.10 Å². The Labute approximate surface area is 216 Å². The van der Waals surface area contributed by atoms with Crippen LogP contribution in [0.2, 0.25) is 0 Å². The Kier molecular flexibility index (Phi) is 16.3. The molecule has 0 fully saturated rings. The van der Waals surface area contributed by atoms with Crippen molar-refractivity contribution < 1.29 is 9.47 Å². The molecule has 2 aromatic rings. The molecule has 0 N–H and O–H groups in total. The predicted octanol–water partition coefficient (Wildman–Crippen LogP) is 10.7. The minimum atomic E-state index is 0.149. The van der Waals surface area contributed by atoms with E-state index in [1.54, 1.807) is 0 Å². The summed E-state index contributed by atoms with van der Waals surface area (Å²) in [6.07, 6.45) is 20.4. The van der Waals surface area contributed by atoms with E-state index in [1.807, 2.05) is 0 Å². The van der Waals surface area contributed by atoms with Crippen LogP contribution >= 0.6 is 0 Å². The molecule has 0 radical (unpaired) electrons. The Morgan fingerprint density at radius 1 is 0.514 bits per heavy atom. The first-order chi connectivity index (χ1) is 17.2. The molecule has 0 saturated heterocycles. The predicted molar refractivity (Wildman–Crippen MR) is 152 cm³/mol. The SMILES string of the molecule is CCCCCCCCCCCCCCCOC(C)c1ccc(-c2ccc(OCCCC)cc2)cc1. The van der Waals surface area contributed by atoms with Gasteiger partial charge in [-0.1, -0.05) is 134 Å². The van der Waals surface area contributed by atoms with Crippen molar-refractivity contribution in [3.63, 3.8) is 0 Å². The van der Waals surface area contributed by atoms with Crippen molar-refractivity contribution in [2.75, 3.05) is 13.2 Å². The molecule has 1 atom stereocenters. The fourth-order valence-electron chi connectivity index (χ4n) is 4.50. The summed E-state index contributed by atoms with van der Waals surface area (Å²) < 4.78 is 11.9.